The first kappa shape index (κ1) is 15.9. The number of nitrogens with one attached hydrogen (secondary N) is 1. The van der Waals surface area contributed by atoms with E-state index in [2.05, 4.69) is 15.4 Å². The van der Waals surface area contributed by atoms with Gasteiger partial charge in [0.15, 0.2) is 9.84 Å². The zero-order valence-corrected chi connectivity index (χ0v) is 13.6. The van der Waals surface area contributed by atoms with E-state index in [1.54, 1.807) is 4.68 Å². The molecule has 0 aliphatic heterocycles. The van der Waals surface area contributed by atoms with Crippen LogP contribution in [-0.2, 0) is 21.2 Å². The molecule has 1 aliphatic carbocycles. The normalized spacial score (nSPS) is 16.2. The van der Waals surface area contributed by atoms with Crippen molar-refractivity contribution in [3.05, 3.63) is 12.2 Å². The highest BCUT2D eigenvalue weighted by Crippen LogP contribution is 2.36. The highest BCUT2D eigenvalue weighted by molar-refractivity contribution is 7.94. The third-order valence-electron chi connectivity index (χ3n) is 3.76. The maximum absolute atomic E-state index is 12.3. The number of rotatable bonds is 6. The quantitative estimate of drug-likeness (QED) is 0.839. The van der Waals surface area contributed by atoms with Crippen LogP contribution in [0.25, 0.3) is 0 Å². The van der Waals surface area contributed by atoms with E-state index in [1.807, 2.05) is 13.8 Å². The number of aromatic nitrogens is 3. The first-order valence-corrected chi connectivity index (χ1v) is 8.62. The number of amides is 1. The molecule has 0 unspecified atom stereocenters. The lowest BCUT2D eigenvalue weighted by atomic mass is 10.2. The summed E-state index contributed by atoms with van der Waals surface area (Å²) >= 11 is 0. The minimum absolute atomic E-state index is 0.127. The van der Waals surface area contributed by atoms with Gasteiger partial charge in [-0.2, -0.15) is 5.10 Å². The summed E-state index contributed by atoms with van der Waals surface area (Å²) in [6, 6.07) is 0.127. The van der Waals surface area contributed by atoms with Gasteiger partial charge in [0.1, 0.15) is 16.9 Å². The van der Waals surface area contributed by atoms with E-state index < -0.39 is 20.5 Å². The first-order chi connectivity index (χ1) is 9.68. The van der Waals surface area contributed by atoms with Crippen molar-refractivity contribution in [2.75, 3.05) is 0 Å². The van der Waals surface area contributed by atoms with Crippen molar-refractivity contribution in [1.29, 1.82) is 0 Å². The summed E-state index contributed by atoms with van der Waals surface area (Å²) in [5.41, 5.74) is 0. The zero-order valence-electron chi connectivity index (χ0n) is 12.8. The summed E-state index contributed by atoms with van der Waals surface area (Å²) in [7, 11) is -3.44. The van der Waals surface area contributed by atoms with Crippen molar-refractivity contribution in [2.24, 2.45) is 0 Å². The predicted molar refractivity (Wildman–Crippen MR) is 78.3 cm³/mol. The van der Waals surface area contributed by atoms with Gasteiger partial charge in [-0.15, -0.1) is 0 Å². The van der Waals surface area contributed by atoms with Crippen LogP contribution in [0.3, 0.4) is 0 Å². The average molecular weight is 314 g/mol. The van der Waals surface area contributed by atoms with Crippen LogP contribution in [0.15, 0.2) is 6.33 Å². The molecule has 1 aliphatic rings. The molecule has 7 nitrogen and oxygen atoms in total. The van der Waals surface area contributed by atoms with Gasteiger partial charge >= 0.3 is 0 Å². The van der Waals surface area contributed by atoms with Crippen LogP contribution >= 0.6 is 0 Å². The van der Waals surface area contributed by atoms with Gasteiger partial charge in [-0.3, -0.25) is 4.79 Å². The molecular formula is C13H22N4O3S. The van der Waals surface area contributed by atoms with E-state index in [-0.39, 0.29) is 17.8 Å². The van der Waals surface area contributed by atoms with E-state index in [0.29, 0.717) is 18.7 Å². The molecule has 118 valence electrons. The maximum atomic E-state index is 12.3. The van der Waals surface area contributed by atoms with Crippen molar-refractivity contribution in [1.82, 2.24) is 20.1 Å². The van der Waals surface area contributed by atoms with Gasteiger partial charge in [0, 0.05) is 6.04 Å². The van der Waals surface area contributed by atoms with Gasteiger partial charge in [0.25, 0.3) is 0 Å². The Balaban J connectivity index is 2.06. The van der Waals surface area contributed by atoms with E-state index in [1.165, 1.54) is 20.2 Å². The smallest absolute Gasteiger partial charge is 0.241 e. The minimum Gasteiger partial charge on any atom is -0.347 e. The van der Waals surface area contributed by atoms with E-state index >= 15 is 0 Å². The molecule has 1 fully saturated rings. The summed E-state index contributed by atoms with van der Waals surface area (Å²) in [6.45, 7) is 7.01. The molecule has 8 heteroatoms. The van der Waals surface area contributed by atoms with Gasteiger partial charge in [0.2, 0.25) is 5.91 Å². The molecule has 0 atom stereocenters. The average Bonchev–Trinajstić information content (AvgIpc) is 3.15. The number of hydrogen-bond donors (Lipinski definition) is 1. The highest BCUT2D eigenvalue weighted by Gasteiger charge is 2.50. The standard InChI is InChI=1S/C13H22N4O3S/c1-9(2)17-11(15-8-16-17)7-14-12(18)13(3,4)21(19,20)10-5-6-10/h8-10H,5-7H2,1-4H3,(H,14,18). The number of sulfone groups is 1. The highest BCUT2D eigenvalue weighted by atomic mass is 32.2. The van der Waals surface area contributed by atoms with Crippen LogP contribution in [0.1, 0.15) is 52.4 Å². The molecule has 0 radical (unpaired) electrons. The van der Waals surface area contributed by atoms with Crippen LogP contribution in [0.5, 0.6) is 0 Å². The van der Waals surface area contributed by atoms with Crippen molar-refractivity contribution in [2.45, 2.75) is 63.1 Å². The SMILES string of the molecule is CC(C)n1ncnc1CNC(=O)C(C)(C)S(=O)(=O)C1CC1. The molecule has 1 saturated carbocycles. The van der Waals surface area contributed by atoms with Gasteiger partial charge in [0.05, 0.1) is 11.8 Å². The lowest BCUT2D eigenvalue weighted by Crippen LogP contribution is -2.49. The lowest BCUT2D eigenvalue weighted by molar-refractivity contribution is -0.123. The summed E-state index contributed by atoms with van der Waals surface area (Å²) in [4.78, 5) is 16.4. The first-order valence-electron chi connectivity index (χ1n) is 7.08. The number of nitrogens with zero attached hydrogens (tertiary/aromatic N) is 3. The Morgan fingerprint density at radius 1 is 1.48 bits per heavy atom. The molecule has 1 heterocycles. The van der Waals surface area contributed by atoms with E-state index in [9.17, 15) is 13.2 Å². The Hall–Kier alpha value is -1.44. The van der Waals surface area contributed by atoms with Crippen LogP contribution in [0.4, 0.5) is 0 Å². The second-order valence-corrected chi connectivity index (χ2v) is 8.93. The fraction of sp³-hybridized carbons (Fsp3) is 0.769. The fourth-order valence-electron chi connectivity index (χ4n) is 2.13. The Labute approximate surface area is 125 Å². The molecule has 0 spiro atoms. The van der Waals surface area contributed by atoms with Crippen molar-refractivity contribution in [3.63, 3.8) is 0 Å². The number of carbonyl (C=O) groups excluding carboxylic acids is 1. The van der Waals surface area contributed by atoms with E-state index in [4.69, 9.17) is 0 Å². The van der Waals surface area contributed by atoms with Crippen molar-refractivity contribution >= 4 is 15.7 Å². The molecule has 0 aromatic carbocycles. The number of carbonyl (C=O) groups is 1. The Morgan fingerprint density at radius 3 is 2.62 bits per heavy atom. The van der Waals surface area contributed by atoms with Crippen LogP contribution < -0.4 is 5.32 Å². The third-order valence-corrected chi connectivity index (χ3v) is 6.72. The summed E-state index contributed by atoms with van der Waals surface area (Å²) < 4.78 is 24.9. The van der Waals surface area contributed by atoms with E-state index in [0.717, 1.165) is 0 Å². The monoisotopic (exact) mass is 314 g/mol. The minimum atomic E-state index is -3.44. The van der Waals surface area contributed by atoms with Crippen LogP contribution in [0, 0.1) is 0 Å². The largest absolute Gasteiger partial charge is 0.347 e. The van der Waals surface area contributed by atoms with Gasteiger partial charge in [-0.05, 0) is 40.5 Å². The topological polar surface area (TPSA) is 93.9 Å². The van der Waals surface area contributed by atoms with Crippen molar-refractivity contribution in [3.8, 4) is 0 Å². The second-order valence-electron chi connectivity index (χ2n) is 6.15. The zero-order chi connectivity index (χ0) is 15.8. The molecular weight excluding hydrogens is 292 g/mol. The lowest BCUT2D eigenvalue weighted by Gasteiger charge is -2.23. The molecule has 0 bridgehead atoms. The maximum Gasteiger partial charge on any atom is 0.241 e. The van der Waals surface area contributed by atoms with Crippen LogP contribution in [0.2, 0.25) is 0 Å². The van der Waals surface area contributed by atoms with Gasteiger partial charge in [-0.25, -0.2) is 18.1 Å². The Morgan fingerprint density at radius 2 is 2.10 bits per heavy atom. The Kier molecular flexibility index (Phi) is 4.10. The third kappa shape index (κ3) is 2.95. The second kappa shape index (κ2) is 5.40. The molecule has 1 amide bonds. The summed E-state index contributed by atoms with van der Waals surface area (Å²) in [5.74, 6) is 0.116. The van der Waals surface area contributed by atoms with Gasteiger partial charge in [-0.1, -0.05) is 0 Å². The molecule has 2 rings (SSSR count). The van der Waals surface area contributed by atoms with Crippen LogP contribution in [-0.4, -0.2) is 39.1 Å². The molecule has 1 N–H and O–H groups in total. The molecule has 1 aromatic heterocycles. The predicted octanol–water partition coefficient (Wildman–Crippen LogP) is 0.831. The Bertz CT molecular complexity index is 630. The molecule has 0 saturated heterocycles. The van der Waals surface area contributed by atoms with Gasteiger partial charge < -0.3 is 5.32 Å². The molecule has 21 heavy (non-hydrogen) atoms. The fourth-order valence-corrected chi connectivity index (χ4v) is 4.05. The molecule has 1 aromatic rings. The number of hydrogen-bond acceptors (Lipinski definition) is 5. The van der Waals surface area contributed by atoms with Crippen molar-refractivity contribution < 1.29 is 13.2 Å². The summed E-state index contributed by atoms with van der Waals surface area (Å²) in [6.07, 6.45) is 2.73. The summed E-state index contributed by atoms with van der Waals surface area (Å²) in [5, 5.41) is 6.38.